The zero-order valence-electron chi connectivity index (χ0n) is 17.6. The fourth-order valence-corrected chi connectivity index (χ4v) is 4.76. The largest absolute Gasteiger partial charge is 0.367 e. The van der Waals surface area contributed by atoms with Crippen molar-refractivity contribution in [3.05, 3.63) is 59.2 Å². The molecule has 8 nitrogen and oxygen atoms in total. The van der Waals surface area contributed by atoms with Crippen LogP contribution in [-0.2, 0) is 22.7 Å². The number of pyridine rings is 1. The maximum atomic E-state index is 14.0. The standard InChI is InChI=1S/C23H24FN5O3/c24-18-12-25-6-5-19(18)28-9-7-27(8-10-28)13-15-1-2-17-16(11-15)14-29(23(17)32)20-3-4-21(30)26-22(20)31/h1-2,5-6,11-12,20H,3-4,7-10,13-14H2,(H,26,30,31). The molecular weight excluding hydrogens is 413 g/mol. The van der Waals surface area contributed by atoms with Crippen molar-refractivity contribution in [1.29, 1.82) is 0 Å². The molecule has 3 aliphatic heterocycles. The first-order chi connectivity index (χ1) is 15.5. The van der Waals surface area contributed by atoms with Gasteiger partial charge in [0.2, 0.25) is 11.8 Å². The first-order valence-corrected chi connectivity index (χ1v) is 10.8. The lowest BCUT2D eigenvalue weighted by Gasteiger charge is -2.36. The molecule has 0 spiro atoms. The molecule has 1 N–H and O–H groups in total. The summed E-state index contributed by atoms with van der Waals surface area (Å²) in [7, 11) is 0. The number of nitrogens with one attached hydrogen (secondary N) is 1. The van der Waals surface area contributed by atoms with Crippen LogP contribution in [0.15, 0.2) is 36.7 Å². The summed E-state index contributed by atoms with van der Waals surface area (Å²) in [4.78, 5) is 46.2. The van der Waals surface area contributed by atoms with Crippen LogP contribution < -0.4 is 10.2 Å². The van der Waals surface area contributed by atoms with Crippen molar-refractivity contribution >= 4 is 23.4 Å². The molecule has 2 saturated heterocycles. The molecule has 3 aliphatic rings. The summed E-state index contributed by atoms with van der Waals surface area (Å²) >= 11 is 0. The van der Waals surface area contributed by atoms with Crippen LogP contribution in [0.2, 0.25) is 0 Å². The van der Waals surface area contributed by atoms with E-state index in [-0.39, 0.29) is 24.1 Å². The molecule has 3 amide bonds. The maximum absolute atomic E-state index is 14.0. The number of rotatable bonds is 4. The van der Waals surface area contributed by atoms with Gasteiger partial charge in [-0.25, -0.2) is 4.39 Å². The van der Waals surface area contributed by atoms with Gasteiger partial charge in [0.1, 0.15) is 6.04 Å². The minimum atomic E-state index is -0.599. The lowest BCUT2D eigenvalue weighted by Crippen LogP contribution is -2.52. The number of imide groups is 1. The lowest BCUT2D eigenvalue weighted by atomic mass is 10.0. The first-order valence-electron chi connectivity index (χ1n) is 10.8. The molecule has 4 heterocycles. The molecule has 0 bridgehead atoms. The topological polar surface area (TPSA) is 85.9 Å². The van der Waals surface area contributed by atoms with Crippen LogP contribution in [-0.4, -0.2) is 64.7 Å². The van der Waals surface area contributed by atoms with Crippen molar-refractivity contribution < 1.29 is 18.8 Å². The molecule has 1 atom stereocenters. The summed E-state index contributed by atoms with van der Waals surface area (Å²) in [5, 5.41) is 2.33. The first kappa shape index (κ1) is 20.6. The number of anilines is 1. The molecule has 0 saturated carbocycles. The number of amides is 3. The Balaban J connectivity index is 1.22. The Kier molecular flexibility index (Phi) is 5.34. The summed E-state index contributed by atoms with van der Waals surface area (Å²) < 4.78 is 14.0. The maximum Gasteiger partial charge on any atom is 0.255 e. The summed E-state index contributed by atoms with van der Waals surface area (Å²) in [5.41, 5.74) is 3.22. The van der Waals surface area contributed by atoms with E-state index in [4.69, 9.17) is 0 Å². The summed E-state index contributed by atoms with van der Waals surface area (Å²) in [6.07, 6.45) is 3.46. The molecule has 1 aromatic heterocycles. The van der Waals surface area contributed by atoms with Crippen molar-refractivity contribution in [1.82, 2.24) is 20.1 Å². The number of carbonyl (C=O) groups excluding carboxylic acids is 3. The molecule has 2 aromatic rings. The van der Waals surface area contributed by atoms with Gasteiger partial charge in [-0.05, 0) is 29.7 Å². The molecule has 9 heteroatoms. The Hall–Kier alpha value is -3.33. The number of hydrogen-bond acceptors (Lipinski definition) is 6. The predicted octanol–water partition coefficient (Wildman–Crippen LogP) is 1.30. The number of piperazine rings is 1. The average molecular weight is 437 g/mol. The second-order valence-electron chi connectivity index (χ2n) is 8.48. The predicted molar refractivity (Wildman–Crippen MR) is 114 cm³/mol. The second-order valence-corrected chi connectivity index (χ2v) is 8.48. The normalized spacial score (nSPS) is 21.7. The molecule has 2 fully saturated rings. The number of piperidine rings is 1. The zero-order chi connectivity index (χ0) is 22.2. The van der Waals surface area contributed by atoms with E-state index in [1.165, 1.54) is 6.20 Å². The molecule has 0 radical (unpaired) electrons. The number of carbonyl (C=O) groups is 3. The van der Waals surface area contributed by atoms with Crippen molar-refractivity contribution in [2.24, 2.45) is 0 Å². The fraction of sp³-hybridized carbons (Fsp3) is 0.391. The van der Waals surface area contributed by atoms with Gasteiger partial charge in [0.25, 0.3) is 5.91 Å². The Morgan fingerprint density at radius 1 is 1.09 bits per heavy atom. The van der Waals surface area contributed by atoms with E-state index in [0.29, 0.717) is 24.2 Å². The Bertz CT molecular complexity index is 1080. The second kappa shape index (κ2) is 8.31. The van der Waals surface area contributed by atoms with Crippen LogP contribution in [0.25, 0.3) is 0 Å². The van der Waals surface area contributed by atoms with Crippen LogP contribution in [0.5, 0.6) is 0 Å². The van der Waals surface area contributed by atoms with Crippen LogP contribution in [0.4, 0.5) is 10.1 Å². The van der Waals surface area contributed by atoms with Gasteiger partial charge in [-0.1, -0.05) is 12.1 Å². The van der Waals surface area contributed by atoms with Gasteiger partial charge in [0, 0.05) is 57.4 Å². The highest BCUT2D eigenvalue weighted by Gasteiger charge is 2.39. The minimum Gasteiger partial charge on any atom is -0.367 e. The van der Waals surface area contributed by atoms with E-state index in [0.717, 1.165) is 43.9 Å². The molecule has 0 aliphatic carbocycles. The van der Waals surface area contributed by atoms with Gasteiger partial charge in [0.15, 0.2) is 5.82 Å². The van der Waals surface area contributed by atoms with Crippen molar-refractivity contribution in [2.45, 2.75) is 32.0 Å². The highest BCUT2D eigenvalue weighted by Crippen LogP contribution is 2.29. The summed E-state index contributed by atoms with van der Waals surface area (Å²) in [6, 6.07) is 6.93. The molecule has 32 heavy (non-hydrogen) atoms. The van der Waals surface area contributed by atoms with Crippen molar-refractivity contribution in [3.63, 3.8) is 0 Å². The quantitative estimate of drug-likeness (QED) is 0.726. The van der Waals surface area contributed by atoms with E-state index < -0.39 is 11.9 Å². The van der Waals surface area contributed by atoms with Crippen LogP contribution >= 0.6 is 0 Å². The molecule has 5 rings (SSSR count). The molecule has 1 aromatic carbocycles. The highest BCUT2D eigenvalue weighted by atomic mass is 19.1. The molecule has 1 unspecified atom stereocenters. The van der Waals surface area contributed by atoms with Gasteiger partial charge >= 0.3 is 0 Å². The SMILES string of the molecule is O=C1CCC(N2Cc3cc(CN4CCN(c5ccncc5F)CC4)ccc3C2=O)C(=O)N1. The van der Waals surface area contributed by atoms with Gasteiger partial charge in [0.05, 0.1) is 11.9 Å². The fourth-order valence-electron chi connectivity index (χ4n) is 4.76. The number of halogens is 1. The third-order valence-electron chi connectivity index (χ3n) is 6.46. The van der Waals surface area contributed by atoms with E-state index in [1.54, 1.807) is 17.2 Å². The number of nitrogens with zero attached hydrogens (tertiary/aromatic N) is 4. The number of benzene rings is 1. The van der Waals surface area contributed by atoms with Crippen LogP contribution in [0, 0.1) is 5.82 Å². The Morgan fingerprint density at radius 3 is 2.66 bits per heavy atom. The smallest absolute Gasteiger partial charge is 0.255 e. The Morgan fingerprint density at radius 2 is 1.91 bits per heavy atom. The van der Waals surface area contributed by atoms with Crippen LogP contribution in [0.1, 0.15) is 34.3 Å². The number of aromatic nitrogens is 1. The van der Waals surface area contributed by atoms with E-state index in [2.05, 4.69) is 15.2 Å². The molecule has 166 valence electrons. The third kappa shape index (κ3) is 3.84. The molecular formula is C23H24FN5O3. The van der Waals surface area contributed by atoms with Crippen molar-refractivity contribution in [3.8, 4) is 0 Å². The van der Waals surface area contributed by atoms with Gasteiger partial charge in [-0.15, -0.1) is 0 Å². The van der Waals surface area contributed by atoms with E-state index in [9.17, 15) is 18.8 Å². The van der Waals surface area contributed by atoms with Crippen LogP contribution in [0.3, 0.4) is 0 Å². The van der Waals surface area contributed by atoms with Gasteiger partial charge < -0.3 is 9.80 Å². The van der Waals surface area contributed by atoms with Gasteiger partial charge in [-0.2, -0.15) is 0 Å². The van der Waals surface area contributed by atoms with E-state index >= 15 is 0 Å². The summed E-state index contributed by atoms with van der Waals surface area (Å²) in [6.45, 7) is 4.19. The number of fused-ring (bicyclic) bond motifs is 1. The Labute approximate surface area is 185 Å². The highest BCUT2D eigenvalue weighted by molar-refractivity contribution is 6.05. The number of hydrogen-bond donors (Lipinski definition) is 1. The zero-order valence-corrected chi connectivity index (χ0v) is 17.6. The lowest BCUT2D eigenvalue weighted by molar-refractivity contribution is -0.136. The summed E-state index contributed by atoms with van der Waals surface area (Å²) in [5.74, 6) is -1.14. The van der Waals surface area contributed by atoms with Crippen molar-refractivity contribution in [2.75, 3.05) is 31.1 Å². The van der Waals surface area contributed by atoms with Gasteiger partial charge in [-0.3, -0.25) is 29.6 Å². The monoisotopic (exact) mass is 437 g/mol. The average Bonchev–Trinajstić information content (AvgIpc) is 3.10. The minimum absolute atomic E-state index is 0.158. The third-order valence-corrected chi connectivity index (χ3v) is 6.46. The van der Waals surface area contributed by atoms with E-state index in [1.807, 2.05) is 23.1 Å².